The highest BCUT2D eigenvalue weighted by Gasteiger charge is 2.46. The summed E-state index contributed by atoms with van der Waals surface area (Å²) in [6.45, 7) is 10.7. The molecule has 1 N–H and O–H groups in total. The first-order valence-corrected chi connectivity index (χ1v) is 11.1. The molecular formula is C25H31N3O4. The third-order valence-corrected chi connectivity index (χ3v) is 5.56. The summed E-state index contributed by atoms with van der Waals surface area (Å²) in [6.07, 6.45) is 1.65. The summed E-state index contributed by atoms with van der Waals surface area (Å²) >= 11 is 0. The number of aliphatic hydroxyl groups excluding tert-OH is 1. The van der Waals surface area contributed by atoms with Crippen LogP contribution in [0.25, 0.3) is 5.76 Å². The Morgan fingerprint density at radius 3 is 2.38 bits per heavy atom. The maximum absolute atomic E-state index is 13.0. The molecule has 1 fully saturated rings. The summed E-state index contributed by atoms with van der Waals surface area (Å²) in [5.74, 6) is -0.854. The number of ether oxygens (including phenoxy) is 1. The number of likely N-dealkylation sites (N-methyl/N-ethyl adjacent to an activating group) is 1. The van der Waals surface area contributed by atoms with Crippen molar-refractivity contribution in [3.8, 4) is 5.75 Å². The first-order chi connectivity index (χ1) is 15.4. The molecule has 0 unspecified atom stereocenters. The Morgan fingerprint density at radius 2 is 1.81 bits per heavy atom. The molecule has 1 aromatic carbocycles. The van der Waals surface area contributed by atoms with Crippen LogP contribution < -0.4 is 4.74 Å². The number of carbonyl (C=O) groups excluding carboxylic acids is 2. The summed E-state index contributed by atoms with van der Waals surface area (Å²) in [5.41, 5.74) is 1.06. The van der Waals surface area contributed by atoms with Gasteiger partial charge in [-0.15, -0.1) is 0 Å². The van der Waals surface area contributed by atoms with Crippen molar-refractivity contribution in [1.82, 2.24) is 14.8 Å². The Morgan fingerprint density at radius 1 is 1.12 bits per heavy atom. The Balaban J connectivity index is 2.02. The van der Waals surface area contributed by atoms with E-state index in [4.69, 9.17) is 4.74 Å². The van der Waals surface area contributed by atoms with Crippen LogP contribution in [0, 0.1) is 0 Å². The van der Waals surface area contributed by atoms with Gasteiger partial charge in [0.1, 0.15) is 17.6 Å². The van der Waals surface area contributed by atoms with Crippen LogP contribution >= 0.6 is 0 Å². The minimum absolute atomic E-state index is 0.0229. The molecule has 0 bridgehead atoms. The van der Waals surface area contributed by atoms with Gasteiger partial charge in [0.05, 0.1) is 17.4 Å². The van der Waals surface area contributed by atoms with Gasteiger partial charge in [0, 0.05) is 24.8 Å². The van der Waals surface area contributed by atoms with Crippen molar-refractivity contribution < 1.29 is 19.4 Å². The largest absolute Gasteiger partial charge is 0.507 e. The fourth-order valence-electron chi connectivity index (χ4n) is 3.86. The molecule has 2 heterocycles. The Labute approximate surface area is 189 Å². The molecule has 1 aliphatic rings. The van der Waals surface area contributed by atoms with E-state index in [1.54, 1.807) is 42.6 Å². The summed E-state index contributed by atoms with van der Waals surface area (Å²) in [5, 5.41) is 11.1. The van der Waals surface area contributed by atoms with E-state index in [-0.39, 0.29) is 17.4 Å². The monoisotopic (exact) mass is 437 g/mol. The fourth-order valence-corrected chi connectivity index (χ4v) is 3.86. The standard InChI is InChI=1S/C25H31N3O4/c1-5-27(6-2)15-16-28-22(20-9-7-8-14-26-20)21(24(30)25(28)31)23(29)18-10-12-19(13-11-18)32-17(3)4/h7-14,17,22,29H,5-6,15-16H2,1-4H3/b23-21+/t22-/m0/s1. The number of carbonyl (C=O) groups is 2. The number of likely N-dealkylation sites (tertiary alicyclic amines) is 1. The van der Waals surface area contributed by atoms with E-state index >= 15 is 0 Å². The normalized spacial score (nSPS) is 18.1. The number of nitrogens with zero attached hydrogens (tertiary/aromatic N) is 3. The minimum atomic E-state index is -0.738. The second kappa shape index (κ2) is 10.4. The number of hydrogen-bond acceptors (Lipinski definition) is 6. The lowest BCUT2D eigenvalue weighted by atomic mass is 9.98. The van der Waals surface area contributed by atoms with Gasteiger partial charge >= 0.3 is 0 Å². The van der Waals surface area contributed by atoms with Crippen molar-refractivity contribution in [2.45, 2.75) is 39.8 Å². The molecule has 170 valence electrons. The van der Waals surface area contributed by atoms with E-state index < -0.39 is 17.7 Å². The molecule has 0 spiro atoms. The number of ketones is 1. The quantitative estimate of drug-likeness (QED) is 0.366. The summed E-state index contributed by atoms with van der Waals surface area (Å²) in [4.78, 5) is 34.1. The predicted molar refractivity (Wildman–Crippen MR) is 123 cm³/mol. The van der Waals surface area contributed by atoms with Crippen LogP contribution in [-0.4, -0.2) is 63.9 Å². The van der Waals surface area contributed by atoms with Crippen molar-refractivity contribution in [3.63, 3.8) is 0 Å². The van der Waals surface area contributed by atoms with Crippen molar-refractivity contribution in [2.24, 2.45) is 0 Å². The second-order valence-electron chi connectivity index (χ2n) is 7.96. The van der Waals surface area contributed by atoms with Crippen molar-refractivity contribution in [3.05, 3.63) is 65.5 Å². The number of Topliss-reactive ketones (excluding diaryl/α,β-unsaturated/α-hetero) is 1. The number of aliphatic hydroxyl groups is 1. The Bertz CT molecular complexity index is 966. The van der Waals surface area contributed by atoms with Crippen LogP contribution in [0.1, 0.15) is 45.0 Å². The van der Waals surface area contributed by atoms with Crippen LogP contribution in [0.2, 0.25) is 0 Å². The lowest BCUT2D eigenvalue weighted by Crippen LogP contribution is -2.38. The predicted octanol–water partition coefficient (Wildman–Crippen LogP) is 3.63. The Hall–Kier alpha value is -3.19. The van der Waals surface area contributed by atoms with E-state index in [2.05, 4.69) is 23.7 Å². The maximum Gasteiger partial charge on any atom is 0.295 e. The first-order valence-electron chi connectivity index (χ1n) is 11.1. The average molecular weight is 438 g/mol. The average Bonchev–Trinajstić information content (AvgIpc) is 3.05. The molecule has 1 amide bonds. The molecular weight excluding hydrogens is 406 g/mol. The van der Waals surface area contributed by atoms with E-state index in [0.717, 1.165) is 13.1 Å². The van der Waals surface area contributed by atoms with Crippen LogP contribution in [0.4, 0.5) is 0 Å². The van der Waals surface area contributed by atoms with Crippen molar-refractivity contribution >= 4 is 17.4 Å². The zero-order chi connectivity index (χ0) is 23.3. The first kappa shape index (κ1) is 23.5. The number of aromatic nitrogens is 1. The molecule has 1 aromatic heterocycles. The number of amides is 1. The molecule has 2 aromatic rings. The van der Waals surface area contributed by atoms with Crippen LogP contribution in [0.3, 0.4) is 0 Å². The molecule has 1 atom stereocenters. The fraction of sp³-hybridized carbons (Fsp3) is 0.400. The minimum Gasteiger partial charge on any atom is -0.507 e. The number of pyridine rings is 1. The Kier molecular flexibility index (Phi) is 7.64. The summed E-state index contributed by atoms with van der Waals surface area (Å²) in [6, 6.07) is 11.5. The number of hydrogen-bond donors (Lipinski definition) is 1. The van der Waals surface area contributed by atoms with Gasteiger partial charge in [-0.05, 0) is 63.3 Å². The SMILES string of the molecule is CCN(CC)CCN1C(=O)C(=O)/C(=C(/O)c2ccc(OC(C)C)cc2)[C@@H]1c1ccccn1. The zero-order valence-corrected chi connectivity index (χ0v) is 19.1. The molecule has 7 nitrogen and oxygen atoms in total. The maximum atomic E-state index is 13.0. The zero-order valence-electron chi connectivity index (χ0n) is 19.1. The molecule has 1 saturated heterocycles. The third kappa shape index (κ3) is 4.99. The summed E-state index contributed by atoms with van der Waals surface area (Å²) in [7, 11) is 0. The highest BCUT2D eigenvalue weighted by molar-refractivity contribution is 6.46. The van der Waals surface area contributed by atoms with E-state index in [1.807, 2.05) is 19.9 Å². The number of benzene rings is 1. The third-order valence-electron chi connectivity index (χ3n) is 5.56. The molecule has 32 heavy (non-hydrogen) atoms. The van der Waals surface area contributed by atoms with Crippen molar-refractivity contribution in [1.29, 1.82) is 0 Å². The molecule has 7 heteroatoms. The lowest BCUT2D eigenvalue weighted by Gasteiger charge is -2.27. The van der Waals surface area contributed by atoms with Crippen LogP contribution in [0.15, 0.2) is 54.2 Å². The van der Waals surface area contributed by atoms with Gasteiger partial charge in [-0.25, -0.2) is 0 Å². The van der Waals surface area contributed by atoms with Crippen LogP contribution in [-0.2, 0) is 9.59 Å². The molecule has 1 aliphatic heterocycles. The van der Waals surface area contributed by atoms with Gasteiger partial charge in [0.2, 0.25) is 0 Å². The van der Waals surface area contributed by atoms with Gasteiger partial charge in [-0.3, -0.25) is 14.6 Å². The van der Waals surface area contributed by atoms with Gasteiger partial charge in [-0.2, -0.15) is 0 Å². The molecule has 0 aliphatic carbocycles. The van der Waals surface area contributed by atoms with E-state index in [0.29, 0.717) is 30.1 Å². The molecule has 0 saturated carbocycles. The van der Waals surface area contributed by atoms with Gasteiger partial charge in [0.25, 0.3) is 11.7 Å². The molecule has 3 rings (SSSR count). The van der Waals surface area contributed by atoms with E-state index in [1.165, 1.54) is 4.90 Å². The highest BCUT2D eigenvalue weighted by atomic mass is 16.5. The lowest BCUT2D eigenvalue weighted by molar-refractivity contribution is -0.140. The van der Waals surface area contributed by atoms with Gasteiger partial charge in [0.15, 0.2) is 0 Å². The van der Waals surface area contributed by atoms with Crippen molar-refractivity contribution in [2.75, 3.05) is 26.2 Å². The smallest absolute Gasteiger partial charge is 0.295 e. The second-order valence-corrected chi connectivity index (χ2v) is 7.96. The van der Waals surface area contributed by atoms with Gasteiger partial charge < -0.3 is 19.6 Å². The highest BCUT2D eigenvalue weighted by Crippen LogP contribution is 2.38. The van der Waals surface area contributed by atoms with Gasteiger partial charge in [-0.1, -0.05) is 19.9 Å². The van der Waals surface area contributed by atoms with E-state index in [9.17, 15) is 14.7 Å². The topological polar surface area (TPSA) is 83.0 Å². The summed E-state index contributed by atoms with van der Waals surface area (Å²) < 4.78 is 5.65. The number of rotatable bonds is 9. The molecule has 0 radical (unpaired) electrons. The van der Waals surface area contributed by atoms with Crippen LogP contribution in [0.5, 0.6) is 5.75 Å².